The van der Waals surface area contributed by atoms with Crippen LogP contribution in [0.3, 0.4) is 0 Å². The topological polar surface area (TPSA) is 95.4 Å². The van der Waals surface area contributed by atoms with Crippen molar-refractivity contribution >= 4 is 23.6 Å². The average molecular weight is 286 g/mol. The van der Waals surface area contributed by atoms with Gasteiger partial charge in [-0.1, -0.05) is 18.2 Å². The number of carbonyl (C=O) groups is 2. The molecule has 108 valence electrons. The summed E-state index contributed by atoms with van der Waals surface area (Å²) in [7, 11) is 0. The maximum absolute atomic E-state index is 12.3. The number of aliphatic carboxylic acids is 1. The number of amides is 2. The maximum Gasteiger partial charge on any atom is 0.328 e. The molecule has 0 aliphatic carbocycles. The average Bonchev–Trinajstić information content (AvgIpc) is 2.49. The highest BCUT2D eigenvalue weighted by Gasteiger charge is 2.17. The fraction of sp³-hybridized carbons (Fsp3) is 0.143. The van der Waals surface area contributed by atoms with E-state index in [9.17, 15) is 9.59 Å². The Kier molecular flexibility index (Phi) is 4.81. The van der Waals surface area contributed by atoms with Crippen molar-refractivity contribution in [2.75, 3.05) is 16.8 Å². The van der Waals surface area contributed by atoms with Crippen molar-refractivity contribution < 1.29 is 14.7 Å². The number of aromatic nitrogens is 2. The van der Waals surface area contributed by atoms with Crippen molar-refractivity contribution in [3.8, 4) is 0 Å². The van der Waals surface area contributed by atoms with E-state index in [4.69, 9.17) is 5.11 Å². The monoisotopic (exact) mass is 286 g/mol. The van der Waals surface area contributed by atoms with E-state index in [-0.39, 0.29) is 18.9 Å². The van der Waals surface area contributed by atoms with Gasteiger partial charge in [0.25, 0.3) is 0 Å². The minimum atomic E-state index is -0.973. The van der Waals surface area contributed by atoms with Crippen LogP contribution in [0.1, 0.15) is 6.42 Å². The molecule has 1 aromatic carbocycles. The zero-order chi connectivity index (χ0) is 15.1. The predicted octanol–water partition coefficient (Wildman–Crippen LogP) is 1.99. The molecule has 2 rings (SSSR count). The van der Waals surface area contributed by atoms with Gasteiger partial charge in [0.15, 0.2) is 0 Å². The highest BCUT2D eigenvalue weighted by atomic mass is 16.4. The summed E-state index contributed by atoms with van der Waals surface area (Å²) in [6, 6.07) is 9.98. The molecular formula is C14H14N4O3. The SMILES string of the molecule is O=C(O)CCN(C(=O)Nc1ncccn1)c1ccccc1. The van der Waals surface area contributed by atoms with Crippen molar-refractivity contribution in [2.24, 2.45) is 0 Å². The third-order valence-corrected chi connectivity index (χ3v) is 2.65. The molecular weight excluding hydrogens is 272 g/mol. The van der Waals surface area contributed by atoms with Crippen LogP contribution < -0.4 is 10.2 Å². The largest absolute Gasteiger partial charge is 0.481 e. The van der Waals surface area contributed by atoms with Crippen molar-refractivity contribution in [1.82, 2.24) is 9.97 Å². The van der Waals surface area contributed by atoms with Gasteiger partial charge in [0.1, 0.15) is 0 Å². The van der Waals surface area contributed by atoms with Crippen LogP contribution in [0.4, 0.5) is 16.4 Å². The minimum Gasteiger partial charge on any atom is -0.481 e. The Hall–Kier alpha value is -2.96. The summed E-state index contributed by atoms with van der Waals surface area (Å²) in [4.78, 5) is 32.1. The zero-order valence-corrected chi connectivity index (χ0v) is 11.1. The molecule has 0 unspecified atom stereocenters. The Morgan fingerprint density at radius 1 is 1.10 bits per heavy atom. The number of urea groups is 1. The Balaban J connectivity index is 2.14. The molecule has 0 aliphatic heterocycles. The molecule has 1 heterocycles. The van der Waals surface area contributed by atoms with Gasteiger partial charge < -0.3 is 5.11 Å². The van der Waals surface area contributed by atoms with E-state index in [0.29, 0.717) is 5.69 Å². The highest BCUT2D eigenvalue weighted by Crippen LogP contribution is 2.15. The molecule has 2 N–H and O–H groups in total. The van der Waals surface area contributed by atoms with Crippen LogP contribution in [-0.4, -0.2) is 33.6 Å². The van der Waals surface area contributed by atoms with Crippen molar-refractivity contribution in [3.63, 3.8) is 0 Å². The first-order chi connectivity index (χ1) is 10.2. The lowest BCUT2D eigenvalue weighted by atomic mass is 10.3. The minimum absolute atomic E-state index is 0.0536. The maximum atomic E-state index is 12.3. The van der Waals surface area contributed by atoms with E-state index in [2.05, 4.69) is 15.3 Å². The van der Waals surface area contributed by atoms with Gasteiger partial charge in [0.05, 0.1) is 6.42 Å². The van der Waals surface area contributed by atoms with E-state index >= 15 is 0 Å². The molecule has 2 aromatic rings. The number of hydrogen-bond donors (Lipinski definition) is 2. The summed E-state index contributed by atoms with van der Waals surface area (Å²) < 4.78 is 0. The molecule has 0 radical (unpaired) electrons. The van der Waals surface area contributed by atoms with E-state index in [1.54, 1.807) is 30.3 Å². The molecule has 0 saturated heterocycles. The van der Waals surface area contributed by atoms with Crippen LogP contribution in [-0.2, 0) is 4.79 Å². The van der Waals surface area contributed by atoms with Crippen molar-refractivity contribution in [3.05, 3.63) is 48.8 Å². The van der Waals surface area contributed by atoms with Gasteiger partial charge in [-0.25, -0.2) is 14.8 Å². The van der Waals surface area contributed by atoms with E-state index < -0.39 is 12.0 Å². The van der Waals surface area contributed by atoms with E-state index in [1.807, 2.05) is 6.07 Å². The van der Waals surface area contributed by atoms with Gasteiger partial charge in [-0.15, -0.1) is 0 Å². The van der Waals surface area contributed by atoms with Crippen LogP contribution in [0.5, 0.6) is 0 Å². The fourth-order valence-electron chi connectivity index (χ4n) is 1.69. The molecule has 1 aromatic heterocycles. The summed E-state index contributed by atoms with van der Waals surface area (Å²) in [6.45, 7) is 0.0536. The number of benzene rings is 1. The first kappa shape index (κ1) is 14.4. The number of para-hydroxylation sites is 1. The van der Waals surface area contributed by atoms with Gasteiger partial charge in [-0.3, -0.25) is 15.0 Å². The molecule has 7 nitrogen and oxygen atoms in total. The Labute approximate surface area is 121 Å². The lowest BCUT2D eigenvalue weighted by Gasteiger charge is -2.21. The number of nitrogens with zero attached hydrogens (tertiary/aromatic N) is 3. The molecule has 2 amide bonds. The van der Waals surface area contributed by atoms with Gasteiger partial charge in [0, 0.05) is 24.6 Å². The van der Waals surface area contributed by atoms with Crippen LogP contribution in [0, 0.1) is 0 Å². The summed E-state index contributed by atoms with van der Waals surface area (Å²) in [5.74, 6) is -0.807. The van der Waals surface area contributed by atoms with Crippen molar-refractivity contribution in [2.45, 2.75) is 6.42 Å². The molecule has 0 bridgehead atoms. The quantitative estimate of drug-likeness (QED) is 0.876. The van der Waals surface area contributed by atoms with Crippen LogP contribution in [0.2, 0.25) is 0 Å². The van der Waals surface area contributed by atoms with Gasteiger partial charge in [0.2, 0.25) is 5.95 Å². The molecule has 21 heavy (non-hydrogen) atoms. The Morgan fingerprint density at radius 3 is 2.38 bits per heavy atom. The van der Waals surface area contributed by atoms with Crippen molar-refractivity contribution in [1.29, 1.82) is 0 Å². The number of carboxylic acids is 1. The first-order valence-electron chi connectivity index (χ1n) is 6.29. The number of carboxylic acid groups (broad SMARTS) is 1. The third-order valence-electron chi connectivity index (χ3n) is 2.65. The molecule has 0 fully saturated rings. The van der Waals surface area contributed by atoms with Crippen LogP contribution in [0.15, 0.2) is 48.8 Å². The molecule has 0 atom stereocenters. The lowest BCUT2D eigenvalue weighted by molar-refractivity contribution is -0.136. The number of carbonyl (C=O) groups excluding carboxylic acids is 1. The fourth-order valence-corrected chi connectivity index (χ4v) is 1.69. The summed E-state index contributed by atoms with van der Waals surface area (Å²) in [5, 5.41) is 11.3. The Bertz CT molecular complexity index is 604. The molecule has 0 aliphatic rings. The highest BCUT2D eigenvalue weighted by molar-refractivity contribution is 6.00. The second-order valence-corrected chi connectivity index (χ2v) is 4.13. The standard InChI is InChI=1S/C14H14N4O3/c19-12(20)7-10-18(11-5-2-1-3-6-11)14(21)17-13-15-8-4-9-16-13/h1-6,8-9H,7,10H2,(H,19,20)(H,15,16,17,21). The third kappa shape index (κ3) is 4.27. The second-order valence-electron chi connectivity index (χ2n) is 4.13. The molecule has 7 heteroatoms. The smallest absolute Gasteiger partial charge is 0.328 e. The van der Waals surface area contributed by atoms with E-state index in [1.165, 1.54) is 17.3 Å². The molecule has 0 spiro atoms. The van der Waals surface area contributed by atoms with Gasteiger partial charge in [-0.05, 0) is 18.2 Å². The second kappa shape index (κ2) is 6.99. The van der Waals surface area contributed by atoms with Gasteiger partial charge in [-0.2, -0.15) is 0 Å². The normalized spacial score (nSPS) is 9.90. The summed E-state index contributed by atoms with van der Waals surface area (Å²) >= 11 is 0. The summed E-state index contributed by atoms with van der Waals surface area (Å²) in [5.41, 5.74) is 0.604. The lowest BCUT2D eigenvalue weighted by Crippen LogP contribution is -2.37. The summed E-state index contributed by atoms with van der Waals surface area (Å²) in [6.07, 6.45) is 2.86. The van der Waals surface area contributed by atoms with E-state index in [0.717, 1.165) is 0 Å². The predicted molar refractivity (Wildman–Crippen MR) is 77.1 cm³/mol. The number of hydrogen-bond acceptors (Lipinski definition) is 4. The van der Waals surface area contributed by atoms with Crippen LogP contribution in [0.25, 0.3) is 0 Å². The number of rotatable bonds is 5. The number of anilines is 2. The van der Waals surface area contributed by atoms with Gasteiger partial charge >= 0.3 is 12.0 Å². The zero-order valence-electron chi connectivity index (χ0n) is 11.1. The van der Waals surface area contributed by atoms with Crippen LogP contribution >= 0.6 is 0 Å². The number of nitrogens with one attached hydrogen (secondary N) is 1. The Morgan fingerprint density at radius 2 is 1.76 bits per heavy atom. The first-order valence-corrected chi connectivity index (χ1v) is 6.29. The molecule has 0 saturated carbocycles.